The van der Waals surface area contributed by atoms with Crippen LogP contribution in [0.5, 0.6) is 0 Å². The Hall–Kier alpha value is -1.16. The van der Waals surface area contributed by atoms with Gasteiger partial charge in [0.25, 0.3) is 0 Å². The van der Waals surface area contributed by atoms with Crippen LogP contribution in [0, 0.1) is 0 Å². The van der Waals surface area contributed by atoms with Crippen molar-refractivity contribution in [3.63, 3.8) is 0 Å². The lowest BCUT2D eigenvalue weighted by atomic mass is 10.5. The molecule has 0 saturated carbocycles. The van der Waals surface area contributed by atoms with Crippen LogP contribution in [0.3, 0.4) is 0 Å². The number of nitrogens with zero attached hydrogens (tertiary/aromatic N) is 4. The molecule has 0 fully saturated rings. The van der Waals surface area contributed by atoms with Crippen LogP contribution >= 0.6 is 11.6 Å². The minimum absolute atomic E-state index is 0.391. The second-order valence-corrected chi connectivity index (χ2v) is 2.60. The second kappa shape index (κ2) is 2.17. The van der Waals surface area contributed by atoms with E-state index in [2.05, 4.69) is 15.4 Å². The number of aromatic nitrogens is 4. The third kappa shape index (κ3) is 0.867. The molecule has 0 N–H and O–H groups in total. The highest BCUT2D eigenvalue weighted by molar-refractivity contribution is 6.33. The summed E-state index contributed by atoms with van der Waals surface area (Å²) in [5.41, 5.74) is 1.59. The minimum atomic E-state index is 0.391. The summed E-state index contributed by atoms with van der Waals surface area (Å²) in [6, 6.07) is 1.84. The predicted molar refractivity (Wildman–Crippen MR) is 41.3 cm³/mol. The van der Waals surface area contributed by atoms with Crippen molar-refractivity contribution in [3.8, 4) is 0 Å². The monoisotopic (exact) mass is 168 g/mol. The van der Waals surface area contributed by atoms with Crippen LogP contribution in [0.1, 0.15) is 0 Å². The fourth-order valence-electron chi connectivity index (χ4n) is 1.01. The Morgan fingerprint density at radius 2 is 2.27 bits per heavy atom. The summed E-state index contributed by atoms with van der Waals surface area (Å²) in [6.07, 6.45) is 1.87. The maximum Gasteiger partial charge on any atom is 0.179 e. The van der Waals surface area contributed by atoms with Crippen molar-refractivity contribution < 1.29 is 0 Å². The molecule has 0 aliphatic heterocycles. The molecule has 0 spiro atoms. The van der Waals surface area contributed by atoms with Gasteiger partial charge < -0.3 is 4.57 Å². The fraction of sp³-hybridized carbons (Fsp3) is 0.167. The number of aryl methyl sites for hydroxylation is 1. The van der Waals surface area contributed by atoms with Crippen LogP contribution in [0.4, 0.5) is 0 Å². The molecule has 0 bridgehead atoms. The zero-order valence-corrected chi connectivity index (χ0v) is 6.58. The molecule has 2 rings (SSSR count). The molecule has 0 saturated heterocycles. The maximum atomic E-state index is 5.77. The number of fused-ring (bicyclic) bond motifs is 1. The smallest absolute Gasteiger partial charge is 0.179 e. The Morgan fingerprint density at radius 1 is 1.45 bits per heavy atom. The molecular weight excluding hydrogens is 164 g/mol. The summed E-state index contributed by atoms with van der Waals surface area (Å²) in [5, 5.41) is 11.3. The van der Waals surface area contributed by atoms with Gasteiger partial charge in [-0.2, -0.15) is 0 Å². The molecule has 2 heterocycles. The topological polar surface area (TPSA) is 43.6 Å². The van der Waals surface area contributed by atoms with E-state index in [0.717, 1.165) is 11.0 Å². The van der Waals surface area contributed by atoms with Crippen LogP contribution in [-0.4, -0.2) is 20.0 Å². The summed E-state index contributed by atoms with van der Waals surface area (Å²) in [5.74, 6) is 0. The van der Waals surface area contributed by atoms with Gasteiger partial charge in [-0.05, 0) is 11.3 Å². The van der Waals surface area contributed by atoms with Crippen molar-refractivity contribution in [2.24, 2.45) is 7.05 Å². The van der Waals surface area contributed by atoms with E-state index >= 15 is 0 Å². The van der Waals surface area contributed by atoms with Gasteiger partial charge in [-0.15, -0.1) is 10.2 Å². The van der Waals surface area contributed by atoms with Crippen LogP contribution < -0.4 is 0 Å². The first-order valence-electron chi connectivity index (χ1n) is 3.09. The van der Waals surface area contributed by atoms with Crippen molar-refractivity contribution in [2.45, 2.75) is 0 Å². The molecule has 2 aromatic heterocycles. The summed E-state index contributed by atoms with van der Waals surface area (Å²) in [6.45, 7) is 0. The molecule has 0 aromatic carbocycles. The molecule has 56 valence electrons. The van der Waals surface area contributed by atoms with Gasteiger partial charge in [-0.3, -0.25) is 0 Å². The van der Waals surface area contributed by atoms with Crippen molar-refractivity contribution >= 4 is 22.6 Å². The third-order valence-corrected chi connectivity index (χ3v) is 1.79. The largest absolute Gasteiger partial charge is 0.347 e. The Morgan fingerprint density at radius 3 is 3.00 bits per heavy atom. The van der Waals surface area contributed by atoms with Gasteiger partial charge in [0, 0.05) is 13.2 Å². The minimum Gasteiger partial charge on any atom is -0.347 e. The standard InChI is InChI=1S/C6H5ClN4/c1-11-3-2-4-5(11)6(7)9-10-8-4/h2-3H,1H3. The Balaban J connectivity index is 2.96. The van der Waals surface area contributed by atoms with E-state index in [1.165, 1.54) is 0 Å². The summed E-state index contributed by atoms with van der Waals surface area (Å²) >= 11 is 5.77. The lowest BCUT2D eigenvalue weighted by Crippen LogP contribution is -1.91. The molecular formula is C6H5ClN4. The van der Waals surface area contributed by atoms with E-state index < -0.39 is 0 Å². The SMILES string of the molecule is Cn1ccc2nnnc(Cl)c21. The molecule has 4 nitrogen and oxygen atoms in total. The lowest BCUT2D eigenvalue weighted by Gasteiger charge is -1.94. The molecule has 0 unspecified atom stereocenters. The molecule has 0 atom stereocenters. The van der Waals surface area contributed by atoms with Gasteiger partial charge in [0.05, 0.1) is 0 Å². The van der Waals surface area contributed by atoms with Gasteiger partial charge in [0.15, 0.2) is 5.15 Å². The average molecular weight is 169 g/mol. The highest BCUT2D eigenvalue weighted by Crippen LogP contribution is 2.17. The number of halogens is 1. The fourth-order valence-corrected chi connectivity index (χ4v) is 1.27. The highest BCUT2D eigenvalue weighted by Gasteiger charge is 2.04. The molecule has 0 aliphatic carbocycles. The van der Waals surface area contributed by atoms with Gasteiger partial charge in [-0.1, -0.05) is 11.6 Å². The van der Waals surface area contributed by atoms with E-state index in [4.69, 9.17) is 11.6 Å². The van der Waals surface area contributed by atoms with Crippen molar-refractivity contribution in [3.05, 3.63) is 17.4 Å². The van der Waals surface area contributed by atoms with E-state index in [0.29, 0.717) is 5.15 Å². The number of hydrogen-bond donors (Lipinski definition) is 0. The van der Waals surface area contributed by atoms with Crippen molar-refractivity contribution in [2.75, 3.05) is 0 Å². The van der Waals surface area contributed by atoms with E-state index in [9.17, 15) is 0 Å². The molecule has 0 aliphatic rings. The quantitative estimate of drug-likeness (QED) is 0.590. The summed E-state index contributed by atoms with van der Waals surface area (Å²) in [7, 11) is 1.89. The van der Waals surface area contributed by atoms with E-state index in [-0.39, 0.29) is 0 Å². The zero-order chi connectivity index (χ0) is 7.84. The number of hydrogen-bond acceptors (Lipinski definition) is 3. The van der Waals surface area contributed by atoms with Crippen molar-refractivity contribution in [1.29, 1.82) is 0 Å². The first kappa shape index (κ1) is 6.54. The molecule has 2 aromatic rings. The first-order valence-corrected chi connectivity index (χ1v) is 3.47. The molecule has 5 heteroatoms. The summed E-state index contributed by atoms with van der Waals surface area (Å²) < 4.78 is 1.86. The van der Waals surface area contributed by atoms with E-state index in [1.54, 1.807) is 0 Å². The van der Waals surface area contributed by atoms with Gasteiger partial charge in [0.2, 0.25) is 0 Å². The van der Waals surface area contributed by atoms with Crippen molar-refractivity contribution in [1.82, 2.24) is 20.0 Å². The van der Waals surface area contributed by atoms with Crippen LogP contribution in [0.25, 0.3) is 11.0 Å². The zero-order valence-electron chi connectivity index (χ0n) is 5.82. The Labute approximate surface area is 67.8 Å². The van der Waals surface area contributed by atoms with Gasteiger partial charge in [0.1, 0.15) is 11.0 Å². The molecule has 0 radical (unpaired) electrons. The highest BCUT2D eigenvalue weighted by atomic mass is 35.5. The Kier molecular flexibility index (Phi) is 1.29. The lowest BCUT2D eigenvalue weighted by molar-refractivity contribution is 0.881. The normalized spacial score (nSPS) is 10.7. The van der Waals surface area contributed by atoms with Gasteiger partial charge >= 0.3 is 0 Å². The Bertz CT molecular complexity index is 394. The molecule has 11 heavy (non-hydrogen) atoms. The summed E-state index contributed by atoms with van der Waals surface area (Å²) in [4.78, 5) is 0. The third-order valence-electron chi connectivity index (χ3n) is 1.53. The molecule has 0 amide bonds. The van der Waals surface area contributed by atoms with Crippen LogP contribution in [0.15, 0.2) is 12.3 Å². The van der Waals surface area contributed by atoms with Crippen LogP contribution in [-0.2, 0) is 7.05 Å². The van der Waals surface area contributed by atoms with Gasteiger partial charge in [-0.25, -0.2) is 0 Å². The maximum absolute atomic E-state index is 5.77. The van der Waals surface area contributed by atoms with Crippen LogP contribution in [0.2, 0.25) is 5.15 Å². The number of rotatable bonds is 0. The second-order valence-electron chi connectivity index (χ2n) is 2.24. The average Bonchev–Trinajstić information content (AvgIpc) is 2.34. The van der Waals surface area contributed by atoms with E-state index in [1.807, 2.05) is 23.9 Å². The first-order chi connectivity index (χ1) is 5.29. The predicted octanol–water partition coefficient (Wildman–Crippen LogP) is 1.02.